The highest BCUT2D eigenvalue weighted by atomic mass is 16.2. The van der Waals surface area contributed by atoms with Crippen molar-refractivity contribution in [2.75, 3.05) is 42.9 Å². The van der Waals surface area contributed by atoms with Gasteiger partial charge in [0.15, 0.2) is 0 Å². The average Bonchev–Trinajstić information content (AvgIpc) is 2.94. The number of nitrogens with one attached hydrogen (secondary N) is 2. The van der Waals surface area contributed by atoms with Gasteiger partial charge in [-0.15, -0.1) is 0 Å². The van der Waals surface area contributed by atoms with Crippen LogP contribution in [0.3, 0.4) is 0 Å². The second kappa shape index (κ2) is 12.2. The lowest BCUT2D eigenvalue weighted by molar-refractivity contribution is -0.130. The summed E-state index contributed by atoms with van der Waals surface area (Å²) in [6.07, 6.45) is 1.70. The lowest BCUT2D eigenvalue weighted by Crippen LogP contribution is -2.50. The number of hydrogen-bond acceptors (Lipinski definition) is 6. The molecule has 0 radical (unpaired) electrons. The molecule has 2 heterocycles. The van der Waals surface area contributed by atoms with E-state index in [0.717, 1.165) is 29.9 Å². The Bertz CT molecular complexity index is 1240. The van der Waals surface area contributed by atoms with E-state index in [4.69, 9.17) is 5.26 Å². The Balaban J connectivity index is 1.41. The van der Waals surface area contributed by atoms with Crippen LogP contribution in [0.25, 0.3) is 0 Å². The lowest BCUT2D eigenvalue weighted by Gasteiger charge is -2.34. The number of aromatic nitrogens is 1. The molecule has 2 amide bonds. The Morgan fingerprint density at radius 3 is 2.43 bits per heavy atom. The van der Waals surface area contributed by atoms with Crippen molar-refractivity contribution in [2.45, 2.75) is 25.8 Å². The number of anilines is 2. The van der Waals surface area contributed by atoms with Crippen molar-refractivity contribution in [3.63, 3.8) is 0 Å². The Kier molecular flexibility index (Phi) is 8.49. The number of benzene rings is 2. The summed E-state index contributed by atoms with van der Waals surface area (Å²) in [7, 11) is 0. The molecular formula is C29H32N6O2. The van der Waals surface area contributed by atoms with Crippen LogP contribution in [0.1, 0.15) is 42.5 Å². The van der Waals surface area contributed by atoms with Gasteiger partial charge in [0, 0.05) is 26.2 Å². The molecule has 4 rings (SSSR count). The number of rotatable bonds is 9. The van der Waals surface area contributed by atoms with Crippen molar-refractivity contribution < 1.29 is 9.59 Å². The molecule has 0 spiro atoms. The minimum absolute atomic E-state index is 0.109. The summed E-state index contributed by atoms with van der Waals surface area (Å²) in [6, 6.07) is 22.3. The van der Waals surface area contributed by atoms with Gasteiger partial charge in [0.05, 0.1) is 30.1 Å². The molecule has 0 aliphatic carbocycles. The van der Waals surface area contributed by atoms with Gasteiger partial charge in [-0.05, 0) is 48.2 Å². The molecule has 8 nitrogen and oxygen atoms in total. The number of likely N-dealkylation sites (N-methyl/N-ethyl adjacent to an activating group) is 1. The van der Waals surface area contributed by atoms with Gasteiger partial charge in [-0.1, -0.05) is 49.4 Å². The molecule has 1 aliphatic rings. The number of carbonyl (C=O) groups is 2. The van der Waals surface area contributed by atoms with Crippen LogP contribution in [-0.4, -0.2) is 54.4 Å². The zero-order chi connectivity index (χ0) is 26.2. The predicted molar refractivity (Wildman–Crippen MR) is 144 cm³/mol. The molecular weight excluding hydrogens is 464 g/mol. The molecule has 0 bridgehead atoms. The third kappa shape index (κ3) is 6.51. The second-order valence-corrected chi connectivity index (χ2v) is 9.17. The van der Waals surface area contributed by atoms with Gasteiger partial charge in [-0.2, -0.15) is 5.26 Å². The van der Waals surface area contributed by atoms with E-state index in [1.165, 1.54) is 0 Å². The largest absolute Gasteiger partial charge is 0.359 e. The Morgan fingerprint density at radius 1 is 1.05 bits per heavy atom. The predicted octanol–water partition coefficient (Wildman–Crippen LogP) is 3.69. The zero-order valence-corrected chi connectivity index (χ0v) is 21.2. The fourth-order valence-electron chi connectivity index (χ4n) is 4.41. The van der Waals surface area contributed by atoms with Crippen LogP contribution >= 0.6 is 0 Å². The maximum Gasteiger partial charge on any atom is 0.247 e. The maximum atomic E-state index is 13.3. The first-order valence-corrected chi connectivity index (χ1v) is 12.6. The monoisotopic (exact) mass is 496 g/mol. The van der Waals surface area contributed by atoms with Crippen LogP contribution in [0.2, 0.25) is 0 Å². The van der Waals surface area contributed by atoms with Gasteiger partial charge in [0.2, 0.25) is 11.8 Å². The summed E-state index contributed by atoms with van der Waals surface area (Å²) in [4.78, 5) is 33.9. The van der Waals surface area contributed by atoms with Gasteiger partial charge in [0.1, 0.15) is 11.9 Å². The smallest absolute Gasteiger partial charge is 0.247 e. The normalized spacial score (nSPS) is 15.1. The molecule has 190 valence electrons. The number of amides is 2. The summed E-state index contributed by atoms with van der Waals surface area (Å²) in [5, 5.41) is 15.4. The first kappa shape index (κ1) is 25.9. The minimum Gasteiger partial charge on any atom is -0.359 e. The van der Waals surface area contributed by atoms with E-state index < -0.39 is 6.04 Å². The van der Waals surface area contributed by atoms with E-state index in [1.807, 2.05) is 77.4 Å². The van der Waals surface area contributed by atoms with E-state index >= 15 is 0 Å². The van der Waals surface area contributed by atoms with Crippen molar-refractivity contribution in [1.82, 2.24) is 15.2 Å². The van der Waals surface area contributed by atoms with Gasteiger partial charge < -0.3 is 20.4 Å². The maximum absolute atomic E-state index is 13.3. The average molecular weight is 497 g/mol. The number of piperazine rings is 1. The summed E-state index contributed by atoms with van der Waals surface area (Å²) in [5.41, 5.74) is 3.43. The number of hydrogen-bond donors (Lipinski definition) is 2. The molecule has 2 aromatic carbocycles. The molecule has 1 fully saturated rings. The van der Waals surface area contributed by atoms with Crippen molar-refractivity contribution in [3.8, 4) is 6.07 Å². The minimum atomic E-state index is -0.566. The molecule has 2 N–H and O–H groups in total. The fourth-order valence-corrected chi connectivity index (χ4v) is 4.41. The van der Waals surface area contributed by atoms with Crippen LogP contribution in [0, 0.1) is 11.3 Å². The third-order valence-corrected chi connectivity index (χ3v) is 6.70. The van der Waals surface area contributed by atoms with Crippen LogP contribution in [0.15, 0.2) is 72.9 Å². The highest BCUT2D eigenvalue weighted by molar-refractivity contribution is 5.95. The third-order valence-electron chi connectivity index (χ3n) is 6.70. The van der Waals surface area contributed by atoms with Crippen LogP contribution in [-0.2, 0) is 9.59 Å². The van der Waals surface area contributed by atoms with Gasteiger partial charge in [-0.25, -0.2) is 4.98 Å². The number of nitrogens with zero attached hydrogens (tertiary/aromatic N) is 4. The summed E-state index contributed by atoms with van der Waals surface area (Å²) < 4.78 is 0. The van der Waals surface area contributed by atoms with E-state index in [-0.39, 0.29) is 17.7 Å². The molecule has 3 aromatic rings. The number of carbonyl (C=O) groups excluding carboxylic acids is 2. The molecule has 1 aliphatic heterocycles. The molecule has 2 atom stereocenters. The lowest BCUT2D eigenvalue weighted by atomic mass is 9.98. The first-order chi connectivity index (χ1) is 18.0. The topological polar surface area (TPSA) is 101 Å². The Hall–Kier alpha value is -4.22. The highest BCUT2D eigenvalue weighted by Gasteiger charge is 2.24. The van der Waals surface area contributed by atoms with E-state index in [9.17, 15) is 9.59 Å². The van der Waals surface area contributed by atoms with Crippen molar-refractivity contribution in [2.24, 2.45) is 0 Å². The summed E-state index contributed by atoms with van der Waals surface area (Å²) in [6.45, 7) is 7.14. The zero-order valence-electron chi connectivity index (χ0n) is 21.2. The molecule has 1 saturated heterocycles. The van der Waals surface area contributed by atoms with E-state index in [1.54, 1.807) is 12.3 Å². The quantitative estimate of drug-likeness (QED) is 0.469. The molecule has 1 unspecified atom stereocenters. The molecule has 1 aromatic heterocycles. The molecule has 8 heteroatoms. The van der Waals surface area contributed by atoms with E-state index in [2.05, 4.69) is 28.6 Å². The first-order valence-electron chi connectivity index (χ1n) is 12.6. The summed E-state index contributed by atoms with van der Waals surface area (Å²) >= 11 is 0. The van der Waals surface area contributed by atoms with Crippen molar-refractivity contribution >= 4 is 23.3 Å². The standard InChI is InChI=1S/C29H32N6O2/c1-3-34-15-16-35(20-27(34)36)25-13-14-26(31-19-25)33-29(37)28(24-7-5-4-6-8-24)32-18-21(2)23-11-9-22(17-30)10-12-23/h4-14,19,21,28,32H,3,15-16,18,20H2,1-2H3,(H,31,33,37)/t21-,28?/m1/s1. The number of pyridine rings is 1. The Labute approximate surface area is 217 Å². The van der Waals surface area contributed by atoms with Crippen LogP contribution < -0.4 is 15.5 Å². The second-order valence-electron chi connectivity index (χ2n) is 9.17. The van der Waals surface area contributed by atoms with E-state index in [0.29, 0.717) is 31.0 Å². The number of nitriles is 1. The van der Waals surface area contributed by atoms with Crippen molar-refractivity contribution in [3.05, 3.63) is 89.6 Å². The SMILES string of the molecule is CCN1CCN(c2ccc(NC(=O)C(NC[C@@H](C)c3ccc(C#N)cc3)c3ccccc3)nc2)CC1=O. The summed E-state index contributed by atoms with van der Waals surface area (Å²) in [5.74, 6) is 0.499. The van der Waals surface area contributed by atoms with Gasteiger partial charge >= 0.3 is 0 Å². The fraction of sp³-hybridized carbons (Fsp3) is 0.310. The Morgan fingerprint density at radius 2 is 1.81 bits per heavy atom. The molecule has 0 saturated carbocycles. The molecule has 37 heavy (non-hydrogen) atoms. The van der Waals surface area contributed by atoms with Gasteiger partial charge in [-0.3, -0.25) is 9.59 Å². The van der Waals surface area contributed by atoms with Crippen molar-refractivity contribution in [1.29, 1.82) is 5.26 Å². The van der Waals surface area contributed by atoms with Crippen LogP contribution in [0.4, 0.5) is 11.5 Å². The van der Waals surface area contributed by atoms with Gasteiger partial charge in [0.25, 0.3) is 0 Å². The highest BCUT2D eigenvalue weighted by Crippen LogP contribution is 2.21. The van der Waals surface area contributed by atoms with Crippen LogP contribution in [0.5, 0.6) is 0 Å².